The second-order valence-electron chi connectivity index (χ2n) is 5.19. The zero-order valence-electron chi connectivity index (χ0n) is 11.8. The highest BCUT2D eigenvalue weighted by atomic mass is 35.5. The summed E-state index contributed by atoms with van der Waals surface area (Å²) >= 11 is 5.45. The first-order chi connectivity index (χ1) is 9.31. The van der Waals surface area contributed by atoms with Gasteiger partial charge in [0.15, 0.2) is 0 Å². The molecule has 0 aliphatic rings. The topological polar surface area (TPSA) is 67.4 Å². The van der Waals surface area contributed by atoms with Crippen LogP contribution in [0.15, 0.2) is 24.3 Å². The van der Waals surface area contributed by atoms with Gasteiger partial charge in [-0.15, -0.1) is 11.6 Å². The fraction of sp³-hybridized carbons (Fsp3) is 0.429. The maximum absolute atomic E-state index is 11.6. The summed E-state index contributed by atoms with van der Waals surface area (Å²) in [7, 11) is 0. The number of amides is 2. The van der Waals surface area contributed by atoms with Crippen molar-refractivity contribution in [2.24, 2.45) is 0 Å². The lowest BCUT2D eigenvalue weighted by atomic mass is 10.1. The molecule has 110 valence electrons. The third kappa shape index (κ3) is 5.93. The van der Waals surface area contributed by atoms with E-state index in [1.165, 1.54) is 0 Å². The average Bonchev–Trinajstić information content (AvgIpc) is 2.35. The first-order valence-electron chi connectivity index (χ1n) is 6.22. The van der Waals surface area contributed by atoms with E-state index in [0.29, 0.717) is 5.69 Å². The molecule has 1 aromatic carbocycles. The summed E-state index contributed by atoms with van der Waals surface area (Å²) in [5, 5.41) is 5.31. The Morgan fingerprint density at radius 3 is 2.50 bits per heavy atom. The van der Waals surface area contributed by atoms with Gasteiger partial charge in [0.05, 0.1) is 0 Å². The van der Waals surface area contributed by atoms with E-state index in [0.717, 1.165) is 5.56 Å². The van der Waals surface area contributed by atoms with Gasteiger partial charge in [-0.05, 0) is 32.4 Å². The fourth-order valence-corrected chi connectivity index (χ4v) is 1.53. The number of rotatable bonds is 4. The van der Waals surface area contributed by atoms with Crippen molar-refractivity contribution in [2.75, 3.05) is 11.2 Å². The molecule has 20 heavy (non-hydrogen) atoms. The van der Waals surface area contributed by atoms with Crippen molar-refractivity contribution >= 4 is 29.3 Å². The first-order valence-corrected chi connectivity index (χ1v) is 6.76. The molecule has 0 unspecified atom stereocenters. The van der Waals surface area contributed by atoms with Crippen molar-refractivity contribution in [3.63, 3.8) is 0 Å². The molecule has 0 aromatic heterocycles. The van der Waals surface area contributed by atoms with Crippen LogP contribution in [0.25, 0.3) is 0 Å². The summed E-state index contributed by atoms with van der Waals surface area (Å²) in [5.74, 6) is -0.412. The van der Waals surface area contributed by atoms with Gasteiger partial charge in [-0.1, -0.05) is 18.2 Å². The van der Waals surface area contributed by atoms with Crippen molar-refractivity contribution in [3.05, 3.63) is 29.8 Å². The number of benzene rings is 1. The van der Waals surface area contributed by atoms with Crippen LogP contribution in [-0.4, -0.2) is 23.5 Å². The molecular weight excluding hydrogens is 280 g/mol. The molecular formula is C14H19ClN2O3. The van der Waals surface area contributed by atoms with E-state index >= 15 is 0 Å². The number of alkyl carbamates (subject to hydrolysis) is 1. The summed E-state index contributed by atoms with van der Waals surface area (Å²) < 4.78 is 5.14. The molecule has 2 amide bonds. The Balaban J connectivity index is 2.64. The van der Waals surface area contributed by atoms with E-state index in [1.54, 1.807) is 39.0 Å². The minimum Gasteiger partial charge on any atom is -0.444 e. The molecule has 0 bridgehead atoms. The summed E-state index contributed by atoms with van der Waals surface area (Å²) in [6, 6.07) is 7.17. The van der Waals surface area contributed by atoms with Crippen LogP contribution in [-0.2, 0) is 16.1 Å². The first kappa shape index (κ1) is 16.3. The number of carbonyl (C=O) groups excluding carboxylic acids is 2. The normalized spacial score (nSPS) is 10.8. The SMILES string of the molecule is CC(C)(C)OC(=O)NCc1ccccc1NC(=O)CCl. The van der Waals surface area contributed by atoms with Crippen molar-refractivity contribution in [1.29, 1.82) is 0 Å². The summed E-state index contributed by atoms with van der Waals surface area (Å²) in [4.78, 5) is 22.9. The molecule has 0 atom stereocenters. The highest BCUT2D eigenvalue weighted by molar-refractivity contribution is 6.29. The number of carbonyl (C=O) groups is 2. The van der Waals surface area contributed by atoms with Crippen molar-refractivity contribution < 1.29 is 14.3 Å². The maximum atomic E-state index is 11.6. The van der Waals surface area contributed by atoms with Crippen LogP contribution in [0, 0.1) is 0 Å². The Kier molecular flexibility index (Phi) is 5.82. The number of anilines is 1. The molecule has 1 aromatic rings. The highest BCUT2D eigenvalue weighted by Crippen LogP contribution is 2.15. The quantitative estimate of drug-likeness (QED) is 0.840. The highest BCUT2D eigenvalue weighted by Gasteiger charge is 2.16. The zero-order valence-corrected chi connectivity index (χ0v) is 12.6. The predicted octanol–water partition coefficient (Wildman–Crippen LogP) is 2.89. The molecule has 5 nitrogen and oxygen atoms in total. The smallest absolute Gasteiger partial charge is 0.407 e. The summed E-state index contributed by atoms with van der Waals surface area (Å²) in [6.07, 6.45) is -0.504. The minimum absolute atomic E-state index is 0.117. The van der Waals surface area contributed by atoms with E-state index in [4.69, 9.17) is 16.3 Å². The van der Waals surface area contributed by atoms with Crippen LogP contribution in [0.1, 0.15) is 26.3 Å². The number of hydrogen-bond donors (Lipinski definition) is 2. The molecule has 2 N–H and O–H groups in total. The second-order valence-corrected chi connectivity index (χ2v) is 5.46. The molecule has 1 rings (SSSR count). The summed E-state index contributed by atoms with van der Waals surface area (Å²) in [5.41, 5.74) is 0.849. The van der Waals surface area contributed by atoms with Crippen LogP contribution < -0.4 is 10.6 Å². The molecule has 0 aliphatic carbocycles. The third-order valence-corrected chi connectivity index (χ3v) is 2.48. The van der Waals surface area contributed by atoms with Gasteiger partial charge in [0.1, 0.15) is 11.5 Å². The molecule has 0 radical (unpaired) electrons. The molecule has 6 heteroatoms. The lowest BCUT2D eigenvalue weighted by Crippen LogP contribution is -2.32. The van der Waals surface area contributed by atoms with Gasteiger partial charge in [0, 0.05) is 12.2 Å². The van der Waals surface area contributed by atoms with Crippen LogP contribution in [0.4, 0.5) is 10.5 Å². The van der Waals surface area contributed by atoms with Gasteiger partial charge in [0.25, 0.3) is 0 Å². The van der Waals surface area contributed by atoms with Crippen LogP contribution >= 0.6 is 11.6 Å². The van der Waals surface area contributed by atoms with E-state index in [1.807, 2.05) is 6.07 Å². The number of hydrogen-bond acceptors (Lipinski definition) is 3. The van der Waals surface area contributed by atoms with Crippen molar-refractivity contribution in [2.45, 2.75) is 32.9 Å². The number of ether oxygens (including phenoxy) is 1. The lowest BCUT2D eigenvalue weighted by molar-refractivity contribution is -0.113. The zero-order chi connectivity index (χ0) is 15.2. The number of para-hydroxylation sites is 1. The molecule has 0 fully saturated rings. The molecule has 0 spiro atoms. The molecule has 0 saturated heterocycles. The van der Waals surface area contributed by atoms with Gasteiger partial charge in [-0.3, -0.25) is 4.79 Å². The standard InChI is InChI=1S/C14H19ClN2O3/c1-14(2,3)20-13(19)16-9-10-6-4-5-7-11(10)17-12(18)8-15/h4-7H,8-9H2,1-3H3,(H,16,19)(H,17,18). The largest absolute Gasteiger partial charge is 0.444 e. The monoisotopic (exact) mass is 298 g/mol. The van der Waals surface area contributed by atoms with Crippen LogP contribution in [0.5, 0.6) is 0 Å². The van der Waals surface area contributed by atoms with Crippen LogP contribution in [0.2, 0.25) is 0 Å². The lowest BCUT2D eigenvalue weighted by Gasteiger charge is -2.20. The molecule has 0 saturated carbocycles. The van der Waals surface area contributed by atoms with Gasteiger partial charge in [0.2, 0.25) is 5.91 Å². The Morgan fingerprint density at radius 1 is 1.25 bits per heavy atom. The predicted molar refractivity (Wildman–Crippen MR) is 78.9 cm³/mol. The fourth-order valence-electron chi connectivity index (χ4n) is 1.46. The number of halogens is 1. The molecule has 0 aliphatic heterocycles. The Bertz CT molecular complexity index is 484. The Morgan fingerprint density at radius 2 is 1.90 bits per heavy atom. The van der Waals surface area contributed by atoms with E-state index in [9.17, 15) is 9.59 Å². The maximum Gasteiger partial charge on any atom is 0.407 e. The Labute approximate surface area is 123 Å². The van der Waals surface area contributed by atoms with Crippen molar-refractivity contribution in [1.82, 2.24) is 5.32 Å². The van der Waals surface area contributed by atoms with Gasteiger partial charge in [-0.25, -0.2) is 4.79 Å². The Hall–Kier alpha value is -1.75. The number of alkyl halides is 1. The third-order valence-electron chi connectivity index (χ3n) is 2.23. The van der Waals surface area contributed by atoms with Crippen LogP contribution in [0.3, 0.4) is 0 Å². The second kappa shape index (κ2) is 7.14. The number of nitrogens with one attached hydrogen (secondary N) is 2. The van der Waals surface area contributed by atoms with Crippen molar-refractivity contribution in [3.8, 4) is 0 Å². The van der Waals surface area contributed by atoms with Gasteiger partial charge in [-0.2, -0.15) is 0 Å². The van der Waals surface area contributed by atoms with Gasteiger partial charge >= 0.3 is 6.09 Å². The van der Waals surface area contributed by atoms with E-state index < -0.39 is 11.7 Å². The van der Waals surface area contributed by atoms with Gasteiger partial charge < -0.3 is 15.4 Å². The molecule has 0 heterocycles. The van der Waals surface area contributed by atoms with E-state index in [2.05, 4.69) is 10.6 Å². The average molecular weight is 299 g/mol. The summed E-state index contributed by atoms with van der Waals surface area (Å²) in [6.45, 7) is 5.64. The minimum atomic E-state index is -0.545. The van der Waals surface area contributed by atoms with E-state index in [-0.39, 0.29) is 18.3 Å².